The van der Waals surface area contributed by atoms with Crippen LogP contribution in [0.15, 0.2) is 42.6 Å². The predicted octanol–water partition coefficient (Wildman–Crippen LogP) is 4.51. The van der Waals surface area contributed by atoms with Crippen LogP contribution in [0.25, 0.3) is 33.3 Å². The number of alkyl halides is 1. The topological polar surface area (TPSA) is 60.2 Å². The second kappa shape index (κ2) is 7.85. The van der Waals surface area contributed by atoms with Crippen molar-refractivity contribution < 1.29 is 14.2 Å². The van der Waals surface area contributed by atoms with E-state index in [9.17, 15) is 9.50 Å². The number of phenols is 1. The number of aromatic hydroxyl groups is 1. The standard InChI is InChI=1S/C20H18FN3O2S/c21-7-9-26-10-8-24-18-5-1-14(11-15(18)13-22-24)2-6-20-23-17-4-3-16(25)12-19(17)27-20/h1-6,11-13,25H,7-10H2/b6-2+. The van der Waals surface area contributed by atoms with E-state index in [1.165, 1.54) is 11.3 Å². The van der Waals surface area contributed by atoms with Crippen LogP contribution in [0.5, 0.6) is 5.75 Å². The molecule has 4 rings (SSSR count). The summed E-state index contributed by atoms with van der Waals surface area (Å²) >= 11 is 1.54. The first kappa shape index (κ1) is 17.6. The number of rotatable bonds is 7. The van der Waals surface area contributed by atoms with Crippen molar-refractivity contribution in [2.75, 3.05) is 19.9 Å². The van der Waals surface area contributed by atoms with Crippen molar-refractivity contribution in [3.05, 3.63) is 53.2 Å². The number of nitrogens with zero attached hydrogens (tertiary/aromatic N) is 3. The van der Waals surface area contributed by atoms with Crippen molar-refractivity contribution in [1.82, 2.24) is 14.8 Å². The molecule has 138 valence electrons. The molecule has 2 aromatic heterocycles. The molecule has 0 radical (unpaired) electrons. The maximum Gasteiger partial charge on any atom is 0.117 e. The molecular weight excluding hydrogens is 365 g/mol. The SMILES string of the molecule is Oc1ccc2nc(/C=C/c3ccc4c(cnn4CCOCCF)c3)sc2c1. The molecular formula is C20H18FN3O2S. The Hall–Kier alpha value is -2.77. The number of hydrogen-bond acceptors (Lipinski definition) is 5. The lowest BCUT2D eigenvalue weighted by Gasteiger charge is -2.04. The van der Waals surface area contributed by atoms with Crippen molar-refractivity contribution in [2.24, 2.45) is 0 Å². The van der Waals surface area contributed by atoms with Crippen LogP contribution in [0.2, 0.25) is 0 Å². The van der Waals surface area contributed by atoms with E-state index >= 15 is 0 Å². The molecule has 1 N–H and O–H groups in total. The fraction of sp³-hybridized carbons (Fsp3) is 0.200. The van der Waals surface area contributed by atoms with Gasteiger partial charge >= 0.3 is 0 Å². The van der Waals surface area contributed by atoms with Gasteiger partial charge in [-0.25, -0.2) is 9.37 Å². The van der Waals surface area contributed by atoms with Gasteiger partial charge in [0.15, 0.2) is 0 Å². The van der Waals surface area contributed by atoms with Crippen LogP contribution in [-0.2, 0) is 11.3 Å². The van der Waals surface area contributed by atoms with Crippen LogP contribution in [0.1, 0.15) is 10.6 Å². The molecule has 27 heavy (non-hydrogen) atoms. The highest BCUT2D eigenvalue weighted by molar-refractivity contribution is 7.19. The number of halogens is 1. The van der Waals surface area contributed by atoms with Crippen molar-refractivity contribution in [2.45, 2.75) is 6.54 Å². The number of hydrogen-bond donors (Lipinski definition) is 1. The summed E-state index contributed by atoms with van der Waals surface area (Å²) in [6.45, 7) is 0.692. The molecule has 5 nitrogen and oxygen atoms in total. The van der Waals surface area contributed by atoms with Crippen LogP contribution in [0.4, 0.5) is 4.39 Å². The lowest BCUT2D eigenvalue weighted by Crippen LogP contribution is -2.08. The number of benzene rings is 2. The van der Waals surface area contributed by atoms with Gasteiger partial charge in [0.1, 0.15) is 17.4 Å². The van der Waals surface area contributed by atoms with E-state index < -0.39 is 6.67 Å². The minimum Gasteiger partial charge on any atom is -0.508 e. The zero-order chi connectivity index (χ0) is 18.6. The fourth-order valence-electron chi connectivity index (χ4n) is 2.86. The second-order valence-corrected chi connectivity index (χ2v) is 7.09. The van der Waals surface area contributed by atoms with E-state index in [2.05, 4.69) is 16.1 Å². The summed E-state index contributed by atoms with van der Waals surface area (Å²) < 4.78 is 20.1. The van der Waals surface area contributed by atoms with Crippen LogP contribution < -0.4 is 0 Å². The normalized spacial score (nSPS) is 11.9. The van der Waals surface area contributed by atoms with Crippen molar-refractivity contribution >= 4 is 44.6 Å². The van der Waals surface area contributed by atoms with E-state index in [-0.39, 0.29) is 12.4 Å². The molecule has 2 heterocycles. The summed E-state index contributed by atoms with van der Waals surface area (Å²) in [5.41, 5.74) is 2.95. The van der Waals surface area contributed by atoms with Crippen LogP contribution in [0.3, 0.4) is 0 Å². The molecule has 0 saturated carbocycles. The van der Waals surface area contributed by atoms with Gasteiger partial charge in [0.25, 0.3) is 0 Å². The molecule has 0 saturated heterocycles. The van der Waals surface area contributed by atoms with Gasteiger partial charge in [-0.3, -0.25) is 4.68 Å². The molecule has 0 fully saturated rings. The minimum absolute atomic E-state index is 0.125. The van der Waals surface area contributed by atoms with Gasteiger partial charge in [-0.2, -0.15) is 5.10 Å². The highest BCUT2D eigenvalue weighted by Gasteiger charge is 2.04. The molecule has 0 amide bonds. The van der Waals surface area contributed by atoms with Crippen molar-refractivity contribution in [3.8, 4) is 5.75 Å². The Balaban J connectivity index is 1.50. The summed E-state index contributed by atoms with van der Waals surface area (Å²) in [4.78, 5) is 4.55. The van der Waals surface area contributed by atoms with Gasteiger partial charge < -0.3 is 9.84 Å². The van der Waals surface area contributed by atoms with E-state index in [1.807, 2.05) is 41.2 Å². The Bertz CT molecular complexity index is 1100. The first-order valence-corrected chi connectivity index (χ1v) is 9.41. The van der Waals surface area contributed by atoms with Gasteiger partial charge in [-0.05, 0) is 42.0 Å². The van der Waals surface area contributed by atoms with Crippen LogP contribution in [-0.4, -0.2) is 39.8 Å². The molecule has 0 aliphatic rings. The number of ether oxygens (including phenoxy) is 1. The van der Waals surface area contributed by atoms with Crippen LogP contribution in [0, 0.1) is 0 Å². The van der Waals surface area contributed by atoms with Gasteiger partial charge in [0, 0.05) is 5.39 Å². The number of thiazole rings is 1. The Morgan fingerprint density at radius 2 is 2.07 bits per heavy atom. The lowest BCUT2D eigenvalue weighted by molar-refractivity contribution is 0.111. The summed E-state index contributed by atoms with van der Waals surface area (Å²) in [5, 5.41) is 15.9. The van der Waals surface area contributed by atoms with E-state index in [4.69, 9.17) is 4.74 Å². The second-order valence-electron chi connectivity index (χ2n) is 6.02. The van der Waals surface area contributed by atoms with Crippen molar-refractivity contribution in [3.63, 3.8) is 0 Å². The third-order valence-corrected chi connectivity index (χ3v) is 5.13. The van der Waals surface area contributed by atoms with Gasteiger partial charge in [-0.1, -0.05) is 12.1 Å². The minimum atomic E-state index is -0.467. The van der Waals surface area contributed by atoms with E-state index in [0.29, 0.717) is 13.2 Å². The number of fused-ring (bicyclic) bond motifs is 2. The molecule has 4 aromatic rings. The Morgan fingerprint density at radius 1 is 1.15 bits per heavy atom. The molecule has 0 aliphatic carbocycles. The average Bonchev–Trinajstić information content (AvgIpc) is 3.26. The number of aromatic nitrogens is 3. The molecule has 0 bridgehead atoms. The van der Waals surface area contributed by atoms with Gasteiger partial charge in [0.2, 0.25) is 0 Å². The first-order valence-electron chi connectivity index (χ1n) is 8.60. The Kier molecular flexibility index (Phi) is 5.13. The summed E-state index contributed by atoms with van der Waals surface area (Å²) in [7, 11) is 0. The largest absolute Gasteiger partial charge is 0.508 e. The van der Waals surface area contributed by atoms with Crippen LogP contribution >= 0.6 is 11.3 Å². The maximum atomic E-state index is 12.1. The van der Waals surface area contributed by atoms with E-state index in [0.717, 1.165) is 31.7 Å². The molecule has 0 spiro atoms. The van der Waals surface area contributed by atoms with E-state index in [1.54, 1.807) is 12.1 Å². The average molecular weight is 383 g/mol. The van der Waals surface area contributed by atoms with Gasteiger partial charge in [0.05, 0.1) is 41.7 Å². The maximum absolute atomic E-state index is 12.1. The quantitative estimate of drug-likeness (QED) is 0.477. The molecule has 0 aliphatic heterocycles. The Morgan fingerprint density at radius 3 is 2.96 bits per heavy atom. The molecule has 7 heteroatoms. The molecule has 0 atom stereocenters. The summed E-state index contributed by atoms with van der Waals surface area (Å²) in [5.74, 6) is 0.249. The van der Waals surface area contributed by atoms with Crippen molar-refractivity contribution in [1.29, 1.82) is 0 Å². The summed E-state index contributed by atoms with van der Waals surface area (Å²) in [6.07, 6.45) is 5.80. The fourth-order valence-corrected chi connectivity index (χ4v) is 3.77. The third-order valence-electron chi connectivity index (χ3n) is 4.14. The highest BCUT2D eigenvalue weighted by atomic mass is 32.1. The number of phenolic OH excluding ortho intramolecular Hbond substituents is 1. The zero-order valence-electron chi connectivity index (χ0n) is 14.5. The third kappa shape index (κ3) is 3.99. The Labute approximate surface area is 159 Å². The first-order chi connectivity index (χ1) is 13.2. The molecule has 2 aromatic carbocycles. The smallest absolute Gasteiger partial charge is 0.117 e. The highest BCUT2D eigenvalue weighted by Crippen LogP contribution is 2.27. The predicted molar refractivity (Wildman–Crippen MR) is 107 cm³/mol. The van der Waals surface area contributed by atoms with Gasteiger partial charge in [-0.15, -0.1) is 11.3 Å². The lowest BCUT2D eigenvalue weighted by atomic mass is 10.1. The monoisotopic (exact) mass is 383 g/mol. The summed E-state index contributed by atoms with van der Waals surface area (Å²) in [6, 6.07) is 11.3. The zero-order valence-corrected chi connectivity index (χ0v) is 15.3. The molecule has 0 unspecified atom stereocenters.